The van der Waals surface area contributed by atoms with Crippen LogP contribution in [0.25, 0.3) is 0 Å². The van der Waals surface area contributed by atoms with E-state index in [9.17, 15) is 19.0 Å². The van der Waals surface area contributed by atoms with E-state index in [-0.39, 0.29) is 38.6 Å². The maximum absolute atomic E-state index is 12.6. The van der Waals surface area contributed by atoms with E-state index in [0.29, 0.717) is 6.42 Å². The number of allylic oxidation sites excluding steroid dienone is 12. The molecular formula is C54H96NO8P. The van der Waals surface area contributed by atoms with Crippen LogP contribution < -0.4 is 5.73 Å². The van der Waals surface area contributed by atoms with E-state index in [2.05, 4.69) is 86.8 Å². The molecule has 2 unspecified atom stereocenters. The number of phosphoric acid groups is 1. The lowest BCUT2D eigenvalue weighted by Crippen LogP contribution is -2.29. The van der Waals surface area contributed by atoms with Crippen LogP contribution in [0.15, 0.2) is 72.9 Å². The molecule has 0 aromatic heterocycles. The number of unbranched alkanes of at least 4 members (excludes halogenated alkanes) is 23. The Morgan fingerprint density at radius 2 is 0.859 bits per heavy atom. The number of hydrogen-bond acceptors (Lipinski definition) is 8. The molecule has 0 aromatic rings. The van der Waals surface area contributed by atoms with Gasteiger partial charge in [0.2, 0.25) is 0 Å². The second-order valence-corrected chi connectivity index (χ2v) is 18.5. The molecule has 9 nitrogen and oxygen atoms in total. The molecule has 64 heavy (non-hydrogen) atoms. The molecule has 0 aliphatic heterocycles. The molecule has 0 saturated carbocycles. The minimum Gasteiger partial charge on any atom is -0.462 e. The highest BCUT2D eigenvalue weighted by Gasteiger charge is 2.26. The van der Waals surface area contributed by atoms with Crippen molar-refractivity contribution in [3.8, 4) is 0 Å². The summed E-state index contributed by atoms with van der Waals surface area (Å²) >= 11 is 0. The van der Waals surface area contributed by atoms with E-state index in [1.54, 1.807) is 0 Å². The fourth-order valence-electron chi connectivity index (χ4n) is 7.05. The van der Waals surface area contributed by atoms with Gasteiger partial charge >= 0.3 is 19.8 Å². The summed E-state index contributed by atoms with van der Waals surface area (Å²) in [5, 5.41) is 0. The van der Waals surface area contributed by atoms with Crippen molar-refractivity contribution in [3.05, 3.63) is 72.9 Å². The molecule has 0 heterocycles. The van der Waals surface area contributed by atoms with Crippen molar-refractivity contribution in [2.24, 2.45) is 5.73 Å². The molecule has 0 amide bonds. The van der Waals surface area contributed by atoms with Gasteiger partial charge in [0.15, 0.2) is 6.10 Å². The maximum Gasteiger partial charge on any atom is 0.472 e. The van der Waals surface area contributed by atoms with E-state index in [4.69, 9.17) is 24.3 Å². The van der Waals surface area contributed by atoms with Gasteiger partial charge in [-0.1, -0.05) is 222 Å². The predicted octanol–water partition coefficient (Wildman–Crippen LogP) is 15.8. The van der Waals surface area contributed by atoms with Gasteiger partial charge in [-0.15, -0.1) is 0 Å². The number of carbonyl (C=O) groups excluding carboxylic acids is 2. The summed E-state index contributed by atoms with van der Waals surface area (Å²) in [6.45, 7) is 3.59. The zero-order chi connectivity index (χ0) is 46.7. The second kappa shape index (κ2) is 49.9. The standard InChI is InChI=1S/C54H96NO8P/c1-3-5-7-9-11-13-14-15-16-17-18-19-20-21-22-23-24-25-26-27-28-29-30-31-32-33-34-35-36-37-38-39-41-43-45-47-54(57)63-52(51-62-64(58,59)61-49-48-55)50-60-53(56)46-44-42-40-12-10-8-6-4-2/h5,7,11,13,15-16,18-19,21-22,24-25,52H,3-4,6,8-10,12,14,17,20,23,26-51,55H2,1-2H3,(H,58,59)/b7-5-,13-11-,16-15-,19-18-,22-21-,25-24-. The van der Waals surface area contributed by atoms with Gasteiger partial charge in [-0.05, 0) is 64.2 Å². The fourth-order valence-corrected chi connectivity index (χ4v) is 7.82. The van der Waals surface area contributed by atoms with Crippen LogP contribution in [0.2, 0.25) is 0 Å². The first kappa shape index (κ1) is 61.5. The van der Waals surface area contributed by atoms with Crippen molar-refractivity contribution in [1.82, 2.24) is 0 Å². The van der Waals surface area contributed by atoms with Crippen LogP contribution in [0.4, 0.5) is 0 Å². The first-order valence-corrected chi connectivity index (χ1v) is 27.4. The van der Waals surface area contributed by atoms with Crippen molar-refractivity contribution >= 4 is 19.8 Å². The Hall–Kier alpha value is -2.55. The minimum atomic E-state index is -4.37. The van der Waals surface area contributed by atoms with Gasteiger partial charge in [0.05, 0.1) is 13.2 Å². The Morgan fingerprint density at radius 1 is 0.484 bits per heavy atom. The van der Waals surface area contributed by atoms with Crippen LogP contribution in [-0.2, 0) is 32.7 Å². The van der Waals surface area contributed by atoms with Crippen molar-refractivity contribution in [1.29, 1.82) is 0 Å². The quantitative estimate of drug-likeness (QED) is 0.0265. The number of nitrogens with two attached hydrogens (primary N) is 1. The van der Waals surface area contributed by atoms with Gasteiger partial charge < -0.3 is 20.1 Å². The smallest absolute Gasteiger partial charge is 0.462 e. The monoisotopic (exact) mass is 918 g/mol. The summed E-state index contributed by atoms with van der Waals surface area (Å²) in [6.07, 6.45) is 62.7. The average molecular weight is 918 g/mol. The van der Waals surface area contributed by atoms with E-state index in [0.717, 1.165) is 77.0 Å². The van der Waals surface area contributed by atoms with Gasteiger partial charge in [0.1, 0.15) is 6.61 Å². The number of carbonyl (C=O) groups is 2. The van der Waals surface area contributed by atoms with Gasteiger partial charge in [-0.2, -0.15) is 0 Å². The summed E-state index contributed by atoms with van der Waals surface area (Å²) in [6, 6.07) is 0. The number of esters is 2. The van der Waals surface area contributed by atoms with Crippen LogP contribution in [0, 0.1) is 0 Å². The highest BCUT2D eigenvalue weighted by atomic mass is 31.2. The summed E-state index contributed by atoms with van der Waals surface area (Å²) in [5.41, 5.74) is 5.35. The highest BCUT2D eigenvalue weighted by molar-refractivity contribution is 7.47. The molecule has 0 fully saturated rings. The van der Waals surface area contributed by atoms with Gasteiger partial charge in [0.25, 0.3) is 0 Å². The van der Waals surface area contributed by atoms with Crippen LogP contribution in [0.5, 0.6) is 0 Å². The minimum absolute atomic E-state index is 0.0530. The first-order chi connectivity index (χ1) is 31.3. The molecular weight excluding hydrogens is 822 g/mol. The molecule has 0 saturated heterocycles. The Balaban J connectivity index is 3.82. The number of phosphoric ester groups is 1. The molecule has 0 radical (unpaired) electrons. The summed E-state index contributed by atoms with van der Waals surface area (Å²) in [5.74, 6) is -0.830. The summed E-state index contributed by atoms with van der Waals surface area (Å²) in [7, 11) is -4.37. The SMILES string of the molecule is CC/C=C\C/C=C\C/C=C\C/C=C\C/C=C\C/C=C\CCCCCCCCCCCCCCCCCCC(=O)OC(COC(=O)CCCCCCCCCC)COP(=O)(O)OCCN. The van der Waals surface area contributed by atoms with E-state index in [1.165, 1.54) is 116 Å². The van der Waals surface area contributed by atoms with Crippen LogP contribution in [-0.4, -0.2) is 49.3 Å². The second-order valence-electron chi connectivity index (χ2n) is 17.0. The van der Waals surface area contributed by atoms with Crippen LogP contribution in [0.3, 0.4) is 0 Å². The zero-order valence-electron chi connectivity index (χ0n) is 41.0. The van der Waals surface area contributed by atoms with Gasteiger partial charge in [-0.25, -0.2) is 4.57 Å². The molecule has 0 rings (SSSR count). The molecule has 370 valence electrons. The topological polar surface area (TPSA) is 134 Å². The number of hydrogen-bond donors (Lipinski definition) is 2. The maximum atomic E-state index is 12.6. The lowest BCUT2D eigenvalue weighted by atomic mass is 10.0. The van der Waals surface area contributed by atoms with Crippen molar-refractivity contribution < 1.29 is 37.6 Å². The molecule has 0 spiro atoms. The third-order valence-corrected chi connectivity index (χ3v) is 11.8. The van der Waals surface area contributed by atoms with E-state index >= 15 is 0 Å². The first-order valence-electron chi connectivity index (χ1n) is 25.9. The molecule has 2 atom stereocenters. The van der Waals surface area contributed by atoms with Crippen LogP contribution in [0.1, 0.15) is 226 Å². The Bertz CT molecular complexity index is 1280. The molecule has 0 aliphatic carbocycles. The van der Waals surface area contributed by atoms with Crippen molar-refractivity contribution in [2.45, 2.75) is 232 Å². The lowest BCUT2D eigenvalue weighted by molar-refractivity contribution is -0.161. The molecule has 0 bridgehead atoms. The summed E-state index contributed by atoms with van der Waals surface area (Å²) in [4.78, 5) is 34.8. The zero-order valence-corrected chi connectivity index (χ0v) is 41.9. The Kier molecular flexibility index (Phi) is 47.9. The Labute approximate surface area is 392 Å². The Morgan fingerprint density at radius 3 is 1.28 bits per heavy atom. The van der Waals surface area contributed by atoms with Crippen molar-refractivity contribution in [3.63, 3.8) is 0 Å². The van der Waals surface area contributed by atoms with Crippen LogP contribution >= 0.6 is 7.82 Å². The van der Waals surface area contributed by atoms with E-state index in [1.807, 2.05) is 0 Å². The predicted molar refractivity (Wildman–Crippen MR) is 270 cm³/mol. The number of rotatable bonds is 48. The van der Waals surface area contributed by atoms with Crippen molar-refractivity contribution in [2.75, 3.05) is 26.4 Å². The third-order valence-electron chi connectivity index (χ3n) is 10.9. The van der Waals surface area contributed by atoms with Gasteiger partial charge in [0, 0.05) is 19.4 Å². The lowest BCUT2D eigenvalue weighted by Gasteiger charge is -2.19. The van der Waals surface area contributed by atoms with E-state index < -0.39 is 26.5 Å². The normalized spacial score (nSPS) is 13.8. The summed E-state index contributed by atoms with van der Waals surface area (Å²) < 4.78 is 32.8. The van der Waals surface area contributed by atoms with Gasteiger partial charge in [-0.3, -0.25) is 18.6 Å². The third kappa shape index (κ3) is 48.9. The highest BCUT2D eigenvalue weighted by Crippen LogP contribution is 2.43. The molecule has 10 heteroatoms. The molecule has 0 aromatic carbocycles. The molecule has 3 N–H and O–H groups in total. The average Bonchev–Trinajstić information content (AvgIpc) is 3.28. The fraction of sp³-hybridized carbons (Fsp3) is 0.741. The molecule has 0 aliphatic rings. The number of ether oxygens (including phenoxy) is 2. The largest absolute Gasteiger partial charge is 0.472 e.